The molecule has 12 heteroatoms. The SMILES string of the molecule is CCCCCCCCCCCCOC(=O)[C@H](CC(C)C)NC(=O)c1cc(C(=O)N[C@@H](CC(C)C)C(=O)OCCCCCCCCCCCC)cc(C(=O)N[C@@H](CC(C)C)C(=O)OCCCCCCCCCCCC)c1. The molecule has 0 spiro atoms. The van der Waals surface area contributed by atoms with Crippen molar-refractivity contribution >= 4 is 35.6 Å². The second-order valence-electron chi connectivity index (χ2n) is 22.8. The van der Waals surface area contributed by atoms with E-state index in [1.807, 2.05) is 41.5 Å². The summed E-state index contributed by atoms with van der Waals surface area (Å²) in [6.45, 7) is 19.1. The highest BCUT2D eigenvalue weighted by molar-refractivity contribution is 6.06. The predicted molar refractivity (Wildman–Crippen MR) is 307 cm³/mol. The van der Waals surface area contributed by atoms with Gasteiger partial charge in [-0.25, -0.2) is 14.4 Å². The number of rotatable bonds is 48. The molecule has 0 aliphatic carbocycles. The summed E-state index contributed by atoms with van der Waals surface area (Å²) >= 11 is 0. The minimum absolute atomic E-state index is 0.0316. The summed E-state index contributed by atoms with van der Waals surface area (Å²) in [5.41, 5.74) is -0.133. The first-order valence-electron chi connectivity index (χ1n) is 30.7. The molecule has 0 saturated heterocycles. The lowest BCUT2D eigenvalue weighted by Crippen LogP contribution is -2.44. The van der Waals surface area contributed by atoms with E-state index in [4.69, 9.17) is 14.2 Å². The molecule has 432 valence electrons. The Bertz CT molecular complexity index is 1480. The van der Waals surface area contributed by atoms with Crippen molar-refractivity contribution in [2.75, 3.05) is 19.8 Å². The van der Waals surface area contributed by atoms with Crippen LogP contribution in [0.1, 0.15) is 305 Å². The first kappa shape index (κ1) is 69.1. The number of esters is 3. The summed E-state index contributed by atoms with van der Waals surface area (Å²) < 4.78 is 17.1. The summed E-state index contributed by atoms with van der Waals surface area (Å²) in [6.07, 6.45) is 35.4. The topological polar surface area (TPSA) is 166 Å². The van der Waals surface area contributed by atoms with Gasteiger partial charge in [-0.3, -0.25) is 14.4 Å². The Balaban J connectivity index is 3.27. The molecule has 1 aromatic carbocycles. The monoisotopic (exact) mass is 1050 g/mol. The van der Waals surface area contributed by atoms with E-state index in [0.29, 0.717) is 19.3 Å². The van der Waals surface area contributed by atoms with Gasteiger partial charge in [-0.2, -0.15) is 0 Å². The van der Waals surface area contributed by atoms with Gasteiger partial charge < -0.3 is 30.2 Å². The summed E-state index contributed by atoms with van der Waals surface area (Å²) in [4.78, 5) is 83.3. The molecule has 3 N–H and O–H groups in total. The number of unbranched alkanes of at least 4 members (excludes halogenated alkanes) is 27. The summed E-state index contributed by atoms with van der Waals surface area (Å²) in [5.74, 6) is -3.56. The van der Waals surface area contributed by atoms with E-state index in [0.717, 1.165) is 77.0 Å². The number of hydrogen-bond donors (Lipinski definition) is 3. The third kappa shape index (κ3) is 35.9. The van der Waals surface area contributed by atoms with E-state index in [1.165, 1.54) is 134 Å². The van der Waals surface area contributed by atoms with Crippen LogP contribution >= 0.6 is 0 Å². The summed E-state index contributed by atoms with van der Waals surface area (Å²) in [5, 5.41) is 8.52. The zero-order valence-electron chi connectivity index (χ0n) is 49.3. The molecule has 0 fully saturated rings. The molecule has 0 radical (unpaired) electrons. The van der Waals surface area contributed by atoms with Gasteiger partial charge in [-0.15, -0.1) is 0 Å². The van der Waals surface area contributed by atoms with Gasteiger partial charge in [0.1, 0.15) is 18.1 Å². The van der Waals surface area contributed by atoms with Crippen LogP contribution in [0.3, 0.4) is 0 Å². The molecular weight excluding hydrogens is 943 g/mol. The third-order valence-electron chi connectivity index (χ3n) is 13.8. The van der Waals surface area contributed by atoms with Crippen LogP contribution in [0.5, 0.6) is 0 Å². The average molecular weight is 1050 g/mol. The maximum absolute atomic E-state index is 14.2. The Hall–Kier alpha value is -3.96. The number of nitrogens with one attached hydrogen (secondary N) is 3. The number of carbonyl (C=O) groups is 6. The fourth-order valence-corrected chi connectivity index (χ4v) is 9.39. The molecule has 3 amide bonds. The molecule has 1 rings (SSSR count). The number of hydrogen-bond acceptors (Lipinski definition) is 9. The molecule has 3 atom stereocenters. The van der Waals surface area contributed by atoms with E-state index in [2.05, 4.69) is 36.7 Å². The molecule has 0 saturated carbocycles. The summed E-state index contributed by atoms with van der Waals surface area (Å²) in [7, 11) is 0. The highest BCUT2D eigenvalue weighted by Gasteiger charge is 2.29. The van der Waals surface area contributed by atoms with E-state index < -0.39 is 53.8 Å². The molecule has 12 nitrogen and oxygen atoms in total. The highest BCUT2D eigenvalue weighted by atomic mass is 16.5. The molecule has 0 aromatic heterocycles. The van der Waals surface area contributed by atoms with E-state index >= 15 is 0 Å². The molecule has 0 aliphatic rings. The second kappa shape index (κ2) is 45.1. The molecule has 75 heavy (non-hydrogen) atoms. The quantitative estimate of drug-likeness (QED) is 0.0327. The summed E-state index contributed by atoms with van der Waals surface area (Å²) in [6, 6.07) is 1.15. The van der Waals surface area contributed by atoms with E-state index in [-0.39, 0.29) is 54.3 Å². The maximum atomic E-state index is 14.2. The zero-order chi connectivity index (χ0) is 55.5. The van der Waals surface area contributed by atoms with Gasteiger partial charge in [0.25, 0.3) is 17.7 Å². The predicted octanol–water partition coefficient (Wildman–Crippen LogP) is 15.5. The highest BCUT2D eigenvalue weighted by Crippen LogP contribution is 2.19. The van der Waals surface area contributed by atoms with Crippen molar-refractivity contribution in [3.63, 3.8) is 0 Å². The third-order valence-corrected chi connectivity index (χ3v) is 13.8. The lowest BCUT2D eigenvalue weighted by Gasteiger charge is -2.22. The van der Waals surface area contributed by atoms with Gasteiger partial charge >= 0.3 is 17.9 Å². The van der Waals surface area contributed by atoms with Gasteiger partial charge in [0.2, 0.25) is 0 Å². The minimum Gasteiger partial charge on any atom is -0.464 e. The molecule has 0 aliphatic heterocycles. The molecule has 1 aromatic rings. The number of ether oxygens (including phenoxy) is 3. The van der Waals surface area contributed by atoms with Crippen molar-refractivity contribution < 1.29 is 43.0 Å². The number of amides is 3. The number of benzene rings is 1. The Morgan fingerprint density at radius 3 is 0.693 bits per heavy atom. The number of carbonyl (C=O) groups excluding carboxylic acids is 6. The van der Waals surface area contributed by atoms with Crippen LogP contribution in [0.25, 0.3) is 0 Å². The fraction of sp³-hybridized carbons (Fsp3) is 0.810. The lowest BCUT2D eigenvalue weighted by molar-refractivity contribution is -0.147. The lowest BCUT2D eigenvalue weighted by atomic mass is 9.99. The molecule has 0 unspecified atom stereocenters. The smallest absolute Gasteiger partial charge is 0.328 e. The van der Waals surface area contributed by atoms with Crippen LogP contribution in [0.15, 0.2) is 18.2 Å². The first-order chi connectivity index (χ1) is 36.1. The standard InChI is InChI=1S/C63H111N3O9/c1-10-13-16-19-22-25-28-31-34-37-40-73-61(70)55(43-49(4)5)64-58(67)52-46-53(59(68)65-56(44-50(6)7)62(71)74-41-38-35-32-29-26-23-20-17-14-11-2)48-54(47-52)60(69)66-57(45-51(8)9)63(72)75-42-39-36-33-30-27-24-21-18-15-12-3/h46-51,55-57H,10-45H2,1-9H3,(H,64,67)(H,65,68)(H,66,69)/t55-,56-,57-/m0/s1. The Morgan fingerprint density at radius 1 is 0.320 bits per heavy atom. The minimum atomic E-state index is -0.975. The largest absolute Gasteiger partial charge is 0.464 e. The van der Waals surface area contributed by atoms with Crippen LogP contribution in [0.4, 0.5) is 0 Å². The molecular formula is C63H111N3O9. The van der Waals surface area contributed by atoms with E-state index in [1.54, 1.807) is 0 Å². The van der Waals surface area contributed by atoms with Crippen LogP contribution in [0.2, 0.25) is 0 Å². The van der Waals surface area contributed by atoms with Crippen molar-refractivity contribution in [2.24, 2.45) is 17.8 Å². The van der Waals surface area contributed by atoms with Gasteiger partial charge in [0.15, 0.2) is 0 Å². The van der Waals surface area contributed by atoms with Gasteiger partial charge in [0, 0.05) is 16.7 Å². The Morgan fingerprint density at radius 2 is 0.507 bits per heavy atom. The zero-order valence-corrected chi connectivity index (χ0v) is 49.3. The van der Waals surface area contributed by atoms with Crippen molar-refractivity contribution in [1.82, 2.24) is 16.0 Å². The van der Waals surface area contributed by atoms with Crippen molar-refractivity contribution in [2.45, 2.75) is 292 Å². The van der Waals surface area contributed by atoms with Crippen molar-refractivity contribution in [3.8, 4) is 0 Å². The van der Waals surface area contributed by atoms with Crippen molar-refractivity contribution in [3.05, 3.63) is 34.9 Å². The Kier molecular flexibility index (Phi) is 41.5. The first-order valence-corrected chi connectivity index (χ1v) is 30.7. The van der Waals surface area contributed by atoms with E-state index in [9.17, 15) is 28.8 Å². The van der Waals surface area contributed by atoms with Crippen LogP contribution in [-0.4, -0.2) is 73.6 Å². The molecule has 0 heterocycles. The maximum Gasteiger partial charge on any atom is 0.328 e. The van der Waals surface area contributed by atoms with Gasteiger partial charge in [0.05, 0.1) is 19.8 Å². The van der Waals surface area contributed by atoms with Crippen LogP contribution in [0, 0.1) is 17.8 Å². The van der Waals surface area contributed by atoms with Gasteiger partial charge in [-0.1, -0.05) is 236 Å². The van der Waals surface area contributed by atoms with Crippen LogP contribution in [-0.2, 0) is 28.6 Å². The Labute approximate surface area is 457 Å². The van der Waals surface area contributed by atoms with Crippen LogP contribution < -0.4 is 16.0 Å². The van der Waals surface area contributed by atoms with Gasteiger partial charge in [-0.05, 0) is 74.5 Å². The normalized spacial score (nSPS) is 12.6. The average Bonchev–Trinajstić information content (AvgIpc) is 3.37. The second-order valence-corrected chi connectivity index (χ2v) is 22.8. The molecule has 0 bridgehead atoms. The fourth-order valence-electron chi connectivity index (χ4n) is 9.39. The van der Waals surface area contributed by atoms with Crippen molar-refractivity contribution in [1.29, 1.82) is 0 Å².